The van der Waals surface area contributed by atoms with E-state index in [1.165, 1.54) is 31.5 Å². The minimum Gasteiger partial charge on any atom is -0.332 e. The molecular weight excluding hydrogens is 224 g/mol. The first-order chi connectivity index (χ1) is 8.66. The van der Waals surface area contributed by atoms with Gasteiger partial charge >= 0.3 is 0 Å². The fourth-order valence-electron chi connectivity index (χ4n) is 2.57. The molecule has 0 saturated carbocycles. The first kappa shape index (κ1) is 13.6. The topological polar surface area (TPSA) is 33.1 Å². The van der Waals surface area contributed by atoms with Gasteiger partial charge in [-0.1, -0.05) is 20.3 Å². The molecule has 0 amide bonds. The third-order valence-corrected chi connectivity index (χ3v) is 3.82. The van der Waals surface area contributed by atoms with Crippen LogP contribution in [0.15, 0.2) is 12.5 Å². The van der Waals surface area contributed by atoms with E-state index in [-0.39, 0.29) is 0 Å². The maximum atomic E-state index is 4.30. The number of nitrogens with one attached hydrogen (secondary N) is 1. The third-order valence-electron chi connectivity index (χ3n) is 3.82. The number of imidazole rings is 1. The number of nitrogens with zero attached hydrogens (tertiary/aromatic N) is 3. The van der Waals surface area contributed by atoms with Crippen LogP contribution >= 0.6 is 0 Å². The summed E-state index contributed by atoms with van der Waals surface area (Å²) in [6.45, 7) is 7.57. The first-order valence-corrected chi connectivity index (χ1v) is 7.09. The lowest BCUT2D eigenvalue weighted by Crippen LogP contribution is -2.39. The van der Waals surface area contributed by atoms with Crippen molar-refractivity contribution in [3.8, 4) is 0 Å². The lowest BCUT2D eigenvalue weighted by Gasteiger charge is -2.33. The van der Waals surface area contributed by atoms with Gasteiger partial charge in [0.15, 0.2) is 0 Å². The molecule has 2 rings (SSSR count). The predicted octanol–water partition coefficient (Wildman–Crippen LogP) is 1.87. The van der Waals surface area contributed by atoms with Gasteiger partial charge in [0.25, 0.3) is 0 Å². The van der Waals surface area contributed by atoms with Crippen molar-refractivity contribution < 1.29 is 0 Å². The molecule has 1 aliphatic heterocycles. The standard InChI is InChI=1S/C14H26N4/c1-12(2)16-9-14-8-15-11-18(14)10-13-6-4-5-7-17(13)3/h8,11-13,16H,4-7,9-10H2,1-3H3. The van der Waals surface area contributed by atoms with Crippen molar-refractivity contribution in [3.63, 3.8) is 0 Å². The molecule has 1 saturated heterocycles. The average molecular weight is 250 g/mol. The summed E-state index contributed by atoms with van der Waals surface area (Å²) in [6.07, 6.45) is 7.98. The minimum absolute atomic E-state index is 0.519. The molecule has 4 nitrogen and oxygen atoms in total. The van der Waals surface area contributed by atoms with Crippen LogP contribution < -0.4 is 5.32 Å². The van der Waals surface area contributed by atoms with E-state index in [4.69, 9.17) is 0 Å². The average Bonchev–Trinajstić information content (AvgIpc) is 2.77. The van der Waals surface area contributed by atoms with Gasteiger partial charge in [-0.25, -0.2) is 4.98 Å². The Balaban J connectivity index is 1.94. The van der Waals surface area contributed by atoms with Crippen LogP contribution in [0.1, 0.15) is 38.8 Å². The Labute approximate surface area is 110 Å². The number of likely N-dealkylation sites (N-methyl/N-ethyl adjacent to an activating group) is 1. The number of hydrogen-bond donors (Lipinski definition) is 1. The Hall–Kier alpha value is -0.870. The zero-order valence-corrected chi connectivity index (χ0v) is 11.9. The molecule has 1 aromatic rings. The highest BCUT2D eigenvalue weighted by molar-refractivity contribution is 4.99. The molecule has 0 bridgehead atoms. The fraction of sp³-hybridized carbons (Fsp3) is 0.786. The number of aromatic nitrogens is 2. The summed E-state index contributed by atoms with van der Waals surface area (Å²) in [4.78, 5) is 6.78. The van der Waals surface area contributed by atoms with Crippen molar-refractivity contribution in [2.45, 2.75) is 58.3 Å². The zero-order chi connectivity index (χ0) is 13.0. The molecule has 0 radical (unpaired) electrons. The quantitative estimate of drug-likeness (QED) is 0.866. The van der Waals surface area contributed by atoms with Crippen LogP contribution in [0.25, 0.3) is 0 Å². The normalized spacial score (nSPS) is 21.7. The molecule has 0 aromatic carbocycles. The van der Waals surface area contributed by atoms with Crippen LogP contribution in [-0.4, -0.2) is 40.1 Å². The van der Waals surface area contributed by atoms with Crippen LogP contribution in [-0.2, 0) is 13.1 Å². The lowest BCUT2D eigenvalue weighted by atomic mass is 10.0. The Bertz CT molecular complexity index is 358. The molecule has 1 fully saturated rings. The van der Waals surface area contributed by atoms with Gasteiger partial charge < -0.3 is 14.8 Å². The van der Waals surface area contributed by atoms with Crippen LogP contribution in [0.4, 0.5) is 0 Å². The summed E-state index contributed by atoms with van der Waals surface area (Å²) >= 11 is 0. The smallest absolute Gasteiger partial charge is 0.0949 e. The summed E-state index contributed by atoms with van der Waals surface area (Å²) < 4.78 is 2.31. The van der Waals surface area contributed by atoms with Crippen LogP contribution in [0.2, 0.25) is 0 Å². The molecule has 18 heavy (non-hydrogen) atoms. The monoisotopic (exact) mass is 250 g/mol. The second-order valence-corrected chi connectivity index (χ2v) is 5.70. The number of rotatable bonds is 5. The van der Waals surface area contributed by atoms with Gasteiger partial charge in [0.05, 0.1) is 12.0 Å². The van der Waals surface area contributed by atoms with E-state index in [2.05, 4.69) is 40.7 Å². The molecule has 1 atom stereocenters. The zero-order valence-electron chi connectivity index (χ0n) is 11.9. The molecule has 1 aromatic heterocycles. The van der Waals surface area contributed by atoms with Crippen molar-refractivity contribution in [1.29, 1.82) is 0 Å². The summed E-state index contributed by atoms with van der Waals surface area (Å²) in [5.74, 6) is 0. The van der Waals surface area contributed by atoms with Gasteiger partial charge in [0.1, 0.15) is 0 Å². The van der Waals surface area contributed by atoms with Crippen LogP contribution in [0.3, 0.4) is 0 Å². The largest absolute Gasteiger partial charge is 0.332 e. The van der Waals surface area contributed by atoms with E-state index in [1.54, 1.807) is 0 Å². The Morgan fingerprint density at radius 3 is 3.00 bits per heavy atom. The molecule has 2 heterocycles. The highest BCUT2D eigenvalue weighted by Gasteiger charge is 2.19. The summed E-state index contributed by atoms with van der Waals surface area (Å²) in [7, 11) is 2.24. The van der Waals surface area contributed by atoms with Gasteiger partial charge in [0.2, 0.25) is 0 Å². The van der Waals surface area contributed by atoms with Gasteiger partial charge in [-0.15, -0.1) is 0 Å². The Kier molecular flexibility index (Phi) is 4.78. The summed E-state index contributed by atoms with van der Waals surface area (Å²) in [6, 6.07) is 1.19. The van der Waals surface area contributed by atoms with Crippen molar-refractivity contribution in [1.82, 2.24) is 19.8 Å². The van der Waals surface area contributed by atoms with Gasteiger partial charge in [0, 0.05) is 31.4 Å². The van der Waals surface area contributed by atoms with Crippen molar-refractivity contribution in [2.75, 3.05) is 13.6 Å². The number of likely N-dealkylation sites (tertiary alicyclic amines) is 1. The Morgan fingerprint density at radius 2 is 2.28 bits per heavy atom. The molecule has 1 aliphatic rings. The van der Waals surface area contributed by atoms with Crippen LogP contribution in [0.5, 0.6) is 0 Å². The van der Waals surface area contributed by atoms with Crippen molar-refractivity contribution in [2.24, 2.45) is 0 Å². The molecular formula is C14H26N4. The lowest BCUT2D eigenvalue weighted by molar-refractivity contribution is 0.166. The van der Waals surface area contributed by atoms with E-state index >= 15 is 0 Å². The van der Waals surface area contributed by atoms with Gasteiger partial charge in [-0.2, -0.15) is 0 Å². The summed E-state index contributed by atoms with van der Waals surface area (Å²) in [5.41, 5.74) is 1.29. The van der Waals surface area contributed by atoms with E-state index in [9.17, 15) is 0 Å². The highest BCUT2D eigenvalue weighted by atomic mass is 15.2. The third kappa shape index (κ3) is 3.56. The maximum absolute atomic E-state index is 4.30. The van der Waals surface area contributed by atoms with Gasteiger partial charge in [-0.05, 0) is 26.4 Å². The second kappa shape index (κ2) is 6.34. The first-order valence-electron chi connectivity index (χ1n) is 7.09. The summed E-state index contributed by atoms with van der Waals surface area (Å²) in [5, 5.41) is 3.46. The van der Waals surface area contributed by atoms with Crippen molar-refractivity contribution >= 4 is 0 Å². The maximum Gasteiger partial charge on any atom is 0.0949 e. The second-order valence-electron chi connectivity index (χ2n) is 5.70. The molecule has 1 N–H and O–H groups in total. The SMILES string of the molecule is CC(C)NCc1cncn1CC1CCCCN1C. The molecule has 102 valence electrons. The van der Waals surface area contributed by atoms with E-state index < -0.39 is 0 Å². The Morgan fingerprint density at radius 1 is 1.44 bits per heavy atom. The molecule has 1 unspecified atom stereocenters. The van der Waals surface area contributed by atoms with E-state index in [0.717, 1.165) is 13.1 Å². The van der Waals surface area contributed by atoms with Crippen LogP contribution in [0, 0.1) is 0 Å². The fourth-order valence-corrected chi connectivity index (χ4v) is 2.57. The molecule has 4 heteroatoms. The molecule has 0 aliphatic carbocycles. The van der Waals surface area contributed by atoms with Gasteiger partial charge in [-0.3, -0.25) is 0 Å². The number of piperidine rings is 1. The number of hydrogen-bond acceptors (Lipinski definition) is 3. The highest BCUT2D eigenvalue weighted by Crippen LogP contribution is 2.17. The minimum atomic E-state index is 0.519. The molecule has 0 spiro atoms. The predicted molar refractivity (Wildman–Crippen MR) is 74.5 cm³/mol. The van der Waals surface area contributed by atoms with E-state index in [1.807, 2.05) is 12.5 Å². The van der Waals surface area contributed by atoms with Crippen molar-refractivity contribution in [3.05, 3.63) is 18.2 Å². The van der Waals surface area contributed by atoms with E-state index in [0.29, 0.717) is 12.1 Å².